The fraction of sp³-hybridized carbons (Fsp3) is 0.929. The van der Waals surface area contributed by atoms with Crippen LogP contribution in [0.2, 0.25) is 0 Å². The number of nitrogens with zero attached hydrogens (tertiary/aromatic N) is 1. The highest BCUT2D eigenvalue weighted by Gasteiger charge is 2.37. The van der Waals surface area contributed by atoms with E-state index >= 15 is 0 Å². The maximum Gasteiger partial charge on any atom is 0.0805 e. The third kappa shape index (κ3) is 2.98. The molecule has 1 saturated carbocycles. The van der Waals surface area contributed by atoms with Gasteiger partial charge in [-0.3, -0.25) is 0 Å². The highest BCUT2D eigenvalue weighted by atomic mass is 16.3. The van der Waals surface area contributed by atoms with Crippen LogP contribution in [-0.4, -0.2) is 10.7 Å². The zero-order valence-corrected chi connectivity index (χ0v) is 10.9. The molecule has 92 valence electrons. The standard InChI is InChI=1S/C14H25NO/c1-4-13(10-15)14(16)8-5-6-12(7-9-14)11(2)3/h11-13,16H,4-9H2,1-3H3. The molecule has 0 spiro atoms. The van der Waals surface area contributed by atoms with Crippen molar-refractivity contribution in [3.63, 3.8) is 0 Å². The molecule has 2 heteroatoms. The Morgan fingerprint density at radius 1 is 1.38 bits per heavy atom. The van der Waals surface area contributed by atoms with Crippen molar-refractivity contribution in [2.45, 2.75) is 64.9 Å². The normalized spacial score (nSPS) is 33.1. The largest absolute Gasteiger partial charge is 0.389 e. The second-order valence-corrected chi connectivity index (χ2v) is 5.63. The van der Waals surface area contributed by atoms with Crippen LogP contribution in [0.25, 0.3) is 0 Å². The van der Waals surface area contributed by atoms with Gasteiger partial charge in [-0.25, -0.2) is 0 Å². The molecule has 0 amide bonds. The van der Waals surface area contributed by atoms with Crippen molar-refractivity contribution in [3.05, 3.63) is 0 Å². The highest BCUT2D eigenvalue weighted by Crippen LogP contribution is 2.38. The van der Waals surface area contributed by atoms with Crippen molar-refractivity contribution in [1.82, 2.24) is 0 Å². The SMILES string of the molecule is CCC(C#N)C1(O)CCCC(C(C)C)CC1. The topological polar surface area (TPSA) is 44.0 Å². The summed E-state index contributed by atoms with van der Waals surface area (Å²) in [5, 5.41) is 19.7. The second-order valence-electron chi connectivity index (χ2n) is 5.63. The first-order chi connectivity index (χ1) is 7.53. The Morgan fingerprint density at radius 2 is 2.06 bits per heavy atom. The molecule has 0 aliphatic heterocycles. The van der Waals surface area contributed by atoms with Crippen molar-refractivity contribution in [3.8, 4) is 6.07 Å². The maximum atomic E-state index is 10.6. The van der Waals surface area contributed by atoms with Crippen molar-refractivity contribution in [2.75, 3.05) is 0 Å². The van der Waals surface area contributed by atoms with Crippen molar-refractivity contribution in [1.29, 1.82) is 5.26 Å². The smallest absolute Gasteiger partial charge is 0.0805 e. The number of nitriles is 1. The van der Waals surface area contributed by atoms with Crippen molar-refractivity contribution in [2.24, 2.45) is 17.8 Å². The Hall–Kier alpha value is -0.550. The third-order valence-electron chi connectivity index (χ3n) is 4.29. The molecule has 1 fully saturated rings. The molecule has 1 aliphatic rings. The van der Waals surface area contributed by atoms with Gasteiger partial charge in [0, 0.05) is 0 Å². The Morgan fingerprint density at radius 3 is 2.56 bits per heavy atom. The highest BCUT2D eigenvalue weighted by molar-refractivity contribution is 4.99. The van der Waals surface area contributed by atoms with Crippen LogP contribution >= 0.6 is 0 Å². The van der Waals surface area contributed by atoms with Crippen LogP contribution in [0.15, 0.2) is 0 Å². The van der Waals surface area contributed by atoms with Gasteiger partial charge >= 0.3 is 0 Å². The van der Waals surface area contributed by atoms with Gasteiger partial charge in [0.1, 0.15) is 0 Å². The summed E-state index contributed by atoms with van der Waals surface area (Å²) in [5.41, 5.74) is -0.715. The minimum absolute atomic E-state index is 0.182. The summed E-state index contributed by atoms with van der Waals surface area (Å²) < 4.78 is 0. The van der Waals surface area contributed by atoms with Crippen LogP contribution in [0.3, 0.4) is 0 Å². The van der Waals surface area contributed by atoms with E-state index in [4.69, 9.17) is 5.26 Å². The molecule has 1 N–H and O–H groups in total. The molecular weight excluding hydrogens is 198 g/mol. The molecule has 0 heterocycles. The van der Waals surface area contributed by atoms with E-state index in [-0.39, 0.29) is 5.92 Å². The Bertz CT molecular complexity index is 256. The Balaban J connectivity index is 2.68. The number of hydrogen-bond donors (Lipinski definition) is 1. The molecule has 0 aromatic carbocycles. The molecule has 16 heavy (non-hydrogen) atoms. The summed E-state index contributed by atoms with van der Waals surface area (Å²) >= 11 is 0. The number of hydrogen-bond acceptors (Lipinski definition) is 2. The molecule has 1 aliphatic carbocycles. The minimum Gasteiger partial charge on any atom is -0.389 e. The van der Waals surface area contributed by atoms with E-state index in [1.165, 1.54) is 6.42 Å². The lowest BCUT2D eigenvalue weighted by molar-refractivity contribution is -0.0144. The molecule has 1 rings (SSSR count). The lowest BCUT2D eigenvalue weighted by Crippen LogP contribution is -2.36. The average molecular weight is 223 g/mol. The van der Waals surface area contributed by atoms with E-state index in [9.17, 15) is 5.11 Å². The molecule has 0 aromatic heterocycles. The summed E-state index contributed by atoms with van der Waals surface area (Å²) in [4.78, 5) is 0. The quantitative estimate of drug-likeness (QED) is 0.744. The van der Waals surface area contributed by atoms with Crippen LogP contribution in [0, 0.1) is 29.1 Å². The van der Waals surface area contributed by atoms with Gasteiger partial charge in [-0.1, -0.05) is 33.6 Å². The first-order valence-electron chi connectivity index (χ1n) is 6.65. The van der Waals surface area contributed by atoms with E-state index in [0.29, 0.717) is 5.92 Å². The van der Waals surface area contributed by atoms with Gasteiger partial charge in [-0.05, 0) is 37.5 Å². The zero-order valence-electron chi connectivity index (χ0n) is 10.9. The first-order valence-corrected chi connectivity index (χ1v) is 6.65. The van der Waals surface area contributed by atoms with Crippen molar-refractivity contribution >= 4 is 0 Å². The van der Waals surface area contributed by atoms with Crippen LogP contribution in [0.5, 0.6) is 0 Å². The molecular formula is C14H25NO. The van der Waals surface area contributed by atoms with Gasteiger partial charge in [0.2, 0.25) is 0 Å². The fourth-order valence-electron chi connectivity index (χ4n) is 2.98. The molecule has 0 saturated heterocycles. The van der Waals surface area contributed by atoms with E-state index in [1.807, 2.05) is 6.92 Å². The Kier molecular flexibility index (Phi) is 4.80. The summed E-state index contributed by atoms with van der Waals surface area (Å²) in [6, 6.07) is 2.28. The van der Waals surface area contributed by atoms with Crippen LogP contribution in [0.4, 0.5) is 0 Å². The molecule has 0 aromatic rings. The monoisotopic (exact) mass is 223 g/mol. The van der Waals surface area contributed by atoms with E-state index < -0.39 is 5.60 Å². The lowest BCUT2D eigenvalue weighted by Gasteiger charge is -2.31. The summed E-state index contributed by atoms with van der Waals surface area (Å²) in [6.45, 7) is 6.52. The van der Waals surface area contributed by atoms with Crippen LogP contribution in [0.1, 0.15) is 59.3 Å². The predicted octanol–water partition coefficient (Wildman–Crippen LogP) is 3.50. The minimum atomic E-state index is -0.715. The van der Waals surface area contributed by atoms with Crippen LogP contribution in [-0.2, 0) is 0 Å². The second kappa shape index (κ2) is 5.68. The number of aliphatic hydroxyl groups is 1. The van der Waals surface area contributed by atoms with Gasteiger partial charge in [-0.2, -0.15) is 5.26 Å². The summed E-state index contributed by atoms with van der Waals surface area (Å²) in [5.74, 6) is 1.24. The number of rotatable bonds is 3. The van der Waals surface area contributed by atoms with Crippen LogP contribution < -0.4 is 0 Å². The lowest BCUT2D eigenvalue weighted by atomic mass is 9.80. The van der Waals surface area contributed by atoms with E-state index in [1.54, 1.807) is 0 Å². The van der Waals surface area contributed by atoms with E-state index in [2.05, 4.69) is 19.9 Å². The molecule has 3 unspecified atom stereocenters. The Labute approximate surface area is 99.7 Å². The molecule has 0 bridgehead atoms. The maximum absolute atomic E-state index is 10.6. The fourth-order valence-corrected chi connectivity index (χ4v) is 2.98. The van der Waals surface area contributed by atoms with Gasteiger partial charge in [0.25, 0.3) is 0 Å². The zero-order chi connectivity index (χ0) is 12.2. The molecule has 2 nitrogen and oxygen atoms in total. The molecule has 0 radical (unpaired) electrons. The molecule has 3 atom stereocenters. The van der Waals surface area contributed by atoms with Gasteiger partial charge in [0.05, 0.1) is 17.6 Å². The first kappa shape index (κ1) is 13.5. The average Bonchev–Trinajstić information content (AvgIpc) is 2.43. The van der Waals surface area contributed by atoms with Gasteiger partial charge < -0.3 is 5.11 Å². The third-order valence-corrected chi connectivity index (χ3v) is 4.29. The van der Waals surface area contributed by atoms with Gasteiger partial charge in [-0.15, -0.1) is 0 Å². The predicted molar refractivity (Wildman–Crippen MR) is 65.8 cm³/mol. The van der Waals surface area contributed by atoms with E-state index in [0.717, 1.165) is 38.0 Å². The van der Waals surface area contributed by atoms with Crippen molar-refractivity contribution < 1.29 is 5.11 Å². The summed E-state index contributed by atoms with van der Waals surface area (Å²) in [7, 11) is 0. The summed E-state index contributed by atoms with van der Waals surface area (Å²) in [6.07, 6.45) is 5.73. The van der Waals surface area contributed by atoms with Gasteiger partial charge in [0.15, 0.2) is 0 Å².